The van der Waals surface area contributed by atoms with Gasteiger partial charge in [0, 0.05) is 12.4 Å². The van der Waals surface area contributed by atoms with Gasteiger partial charge in [-0.05, 0) is 20.8 Å². The first-order valence-electron chi connectivity index (χ1n) is 3.85. The lowest BCUT2D eigenvalue weighted by Crippen LogP contribution is -2.34. The van der Waals surface area contributed by atoms with Gasteiger partial charge >= 0.3 is 0 Å². The molecule has 0 spiro atoms. The number of sulfonamides is 1. The molecule has 0 amide bonds. The van der Waals surface area contributed by atoms with E-state index in [-0.39, 0.29) is 5.95 Å². The van der Waals surface area contributed by atoms with Crippen LogP contribution in [0, 0.1) is 0 Å². The fourth-order valence-corrected chi connectivity index (χ4v) is 1.27. The molecular weight excluding hydrogens is 190 g/mol. The SMILES string of the molecule is CC(C)(C)S(=O)(=O)Nc1ncc[nH]1. The number of hydrogen-bond acceptors (Lipinski definition) is 3. The van der Waals surface area contributed by atoms with E-state index in [1.54, 1.807) is 27.0 Å². The van der Waals surface area contributed by atoms with Gasteiger partial charge in [0.2, 0.25) is 16.0 Å². The maximum atomic E-state index is 11.5. The predicted octanol–water partition coefficient (Wildman–Crippen LogP) is 0.950. The first-order valence-corrected chi connectivity index (χ1v) is 5.33. The highest BCUT2D eigenvalue weighted by molar-refractivity contribution is 7.94. The van der Waals surface area contributed by atoms with Gasteiger partial charge in [-0.2, -0.15) is 0 Å². The molecule has 0 atom stereocenters. The van der Waals surface area contributed by atoms with E-state index in [4.69, 9.17) is 0 Å². The van der Waals surface area contributed by atoms with E-state index in [2.05, 4.69) is 14.7 Å². The summed E-state index contributed by atoms with van der Waals surface area (Å²) in [5.41, 5.74) is 0. The topological polar surface area (TPSA) is 74.8 Å². The largest absolute Gasteiger partial charge is 0.330 e. The Morgan fingerprint density at radius 2 is 2.08 bits per heavy atom. The molecule has 0 aliphatic heterocycles. The van der Waals surface area contributed by atoms with Crippen molar-refractivity contribution in [1.29, 1.82) is 0 Å². The van der Waals surface area contributed by atoms with Gasteiger partial charge in [-0.15, -0.1) is 0 Å². The Balaban J connectivity index is 2.87. The molecular formula is C7H13N3O2S. The summed E-state index contributed by atoms with van der Waals surface area (Å²) < 4.78 is 24.6. The molecule has 1 heterocycles. The second-order valence-corrected chi connectivity index (χ2v) is 6.09. The average molecular weight is 203 g/mol. The van der Waals surface area contributed by atoms with Crippen molar-refractivity contribution in [3.8, 4) is 0 Å². The maximum Gasteiger partial charge on any atom is 0.239 e. The number of H-pyrrole nitrogens is 1. The molecule has 0 aliphatic carbocycles. The Bertz CT molecular complexity index is 361. The van der Waals surface area contributed by atoms with Gasteiger partial charge in [0.25, 0.3) is 0 Å². The molecule has 13 heavy (non-hydrogen) atoms. The molecule has 1 rings (SSSR count). The number of nitrogens with zero attached hydrogens (tertiary/aromatic N) is 1. The highest BCUT2D eigenvalue weighted by Crippen LogP contribution is 2.16. The number of nitrogens with one attached hydrogen (secondary N) is 2. The van der Waals surface area contributed by atoms with Crippen LogP contribution in [0.15, 0.2) is 12.4 Å². The summed E-state index contributed by atoms with van der Waals surface area (Å²) in [7, 11) is -3.36. The fraction of sp³-hybridized carbons (Fsp3) is 0.571. The molecule has 0 aromatic carbocycles. The van der Waals surface area contributed by atoms with E-state index in [9.17, 15) is 8.42 Å². The van der Waals surface area contributed by atoms with E-state index in [1.165, 1.54) is 6.20 Å². The second-order valence-electron chi connectivity index (χ2n) is 3.66. The van der Waals surface area contributed by atoms with E-state index < -0.39 is 14.8 Å². The highest BCUT2D eigenvalue weighted by atomic mass is 32.2. The lowest BCUT2D eigenvalue weighted by molar-refractivity contribution is 0.565. The lowest BCUT2D eigenvalue weighted by Gasteiger charge is -2.18. The molecule has 0 saturated carbocycles. The first-order chi connectivity index (χ1) is 5.83. The highest BCUT2D eigenvalue weighted by Gasteiger charge is 2.29. The Morgan fingerprint density at radius 1 is 1.46 bits per heavy atom. The summed E-state index contributed by atoms with van der Waals surface area (Å²) in [6.45, 7) is 4.87. The van der Waals surface area contributed by atoms with Crippen molar-refractivity contribution in [3.05, 3.63) is 12.4 Å². The summed E-state index contributed by atoms with van der Waals surface area (Å²) in [6, 6.07) is 0. The molecule has 0 radical (unpaired) electrons. The van der Waals surface area contributed by atoms with Crippen LogP contribution in [0.4, 0.5) is 5.95 Å². The van der Waals surface area contributed by atoms with Crippen LogP contribution in [-0.2, 0) is 10.0 Å². The van der Waals surface area contributed by atoms with Crippen LogP contribution in [0.25, 0.3) is 0 Å². The molecule has 5 nitrogen and oxygen atoms in total. The van der Waals surface area contributed by atoms with Crippen molar-refractivity contribution in [2.75, 3.05) is 4.72 Å². The minimum Gasteiger partial charge on any atom is -0.330 e. The zero-order valence-electron chi connectivity index (χ0n) is 7.83. The average Bonchev–Trinajstić information content (AvgIpc) is 2.35. The van der Waals surface area contributed by atoms with Crippen molar-refractivity contribution in [2.24, 2.45) is 0 Å². The third-order valence-corrected chi connectivity index (χ3v) is 3.61. The van der Waals surface area contributed by atoms with Crippen molar-refractivity contribution in [1.82, 2.24) is 9.97 Å². The third kappa shape index (κ3) is 2.21. The monoisotopic (exact) mass is 203 g/mol. The van der Waals surface area contributed by atoms with Crippen molar-refractivity contribution < 1.29 is 8.42 Å². The molecule has 74 valence electrons. The van der Waals surface area contributed by atoms with Gasteiger partial charge in [-0.25, -0.2) is 13.4 Å². The predicted molar refractivity (Wildman–Crippen MR) is 50.9 cm³/mol. The van der Waals surface area contributed by atoms with Crippen molar-refractivity contribution in [2.45, 2.75) is 25.5 Å². The Kier molecular flexibility index (Phi) is 2.34. The van der Waals surface area contributed by atoms with Crippen LogP contribution >= 0.6 is 0 Å². The molecule has 2 N–H and O–H groups in total. The summed E-state index contributed by atoms with van der Waals surface area (Å²) in [5.74, 6) is 0.245. The molecule has 0 saturated heterocycles. The van der Waals surface area contributed by atoms with Crippen molar-refractivity contribution >= 4 is 16.0 Å². The Hall–Kier alpha value is -1.04. The van der Waals surface area contributed by atoms with E-state index in [0.717, 1.165) is 0 Å². The van der Waals surface area contributed by atoms with Gasteiger partial charge in [-0.1, -0.05) is 0 Å². The second kappa shape index (κ2) is 3.02. The van der Waals surface area contributed by atoms with E-state index in [0.29, 0.717) is 0 Å². The van der Waals surface area contributed by atoms with Crippen LogP contribution in [0.1, 0.15) is 20.8 Å². The summed E-state index contributed by atoms with van der Waals surface area (Å²) >= 11 is 0. The Morgan fingerprint density at radius 3 is 2.46 bits per heavy atom. The normalized spacial score (nSPS) is 12.8. The third-order valence-electron chi connectivity index (χ3n) is 1.54. The summed E-state index contributed by atoms with van der Waals surface area (Å²) in [4.78, 5) is 6.43. The van der Waals surface area contributed by atoms with Crippen molar-refractivity contribution in [3.63, 3.8) is 0 Å². The standard InChI is InChI=1S/C7H13N3O2S/c1-7(2,3)13(11,12)10-6-8-4-5-9-6/h4-5H,1-3H3,(H2,8,9,10). The zero-order valence-corrected chi connectivity index (χ0v) is 8.64. The van der Waals surface area contributed by atoms with Gasteiger partial charge < -0.3 is 4.98 Å². The minimum absolute atomic E-state index is 0.245. The van der Waals surface area contributed by atoms with Crippen LogP contribution in [0.5, 0.6) is 0 Å². The molecule has 1 aromatic heterocycles. The van der Waals surface area contributed by atoms with E-state index in [1.807, 2.05) is 0 Å². The van der Waals surface area contributed by atoms with Gasteiger partial charge in [-0.3, -0.25) is 4.72 Å². The molecule has 6 heteroatoms. The van der Waals surface area contributed by atoms with Gasteiger partial charge in [0.15, 0.2) is 0 Å². The molecule has 1 aromatic rings. The first kappa shape index (κ1) is 10.0. The molecule has 0 unspecified atom stereocenters. The molecule has 0 bridgehead atoms. The van der Waals surface area contributed by atoms with E-state index >= 15 is 0 Å². The maximum absolute atomic E-state index is 11.5. The Labute approximate surface area is 77.6 Å². The zero-order chi connectivity index (χ0) is 10.1. The number of rotatable bonds is 2. The van der Waals surface area contributed by atoms with Crippen LogP contribution < -0.4 is 4.72 Å². The van der Waals surface area contributed by atoms with Crippen LogP contribution in [0.2, 0.25) is 0 Å². The van der Waals surface area contributed by atoms with Crippen LogP contribution in [-0.4, -0.2) is 23.1 Å². The molecule has 0 aliphatic rings. The number of anilines is 1. The molecule has 0 fully saturated rings. The summed E-state index contributed by atoms with van der Waals surface area (Å²) in [6.07, 6.45) is 3.04. The summed E-state index contributed by atoms with van der Waals surface area (Å²) in [5, 5.41) is 0. The number of aromatic amines is 1. The number of imidazole rings is 1. The van der Waals surface area contributed by atoms with Gasteiger partial charge in [0.1, 0.15) is 0 Å². The fourth-order valence-electron chi connectivity index (χ4n) is 0.601. The lowest BCUT2D eigenvalue weighted by atomic mass is 10.3. The van der Waals surface area contributed by atoms with Crippen LogP contribution in [0.3, 0.4) is 0 Å². The smallest absolute Gasteiger partial charge is 0.239 e. The quantitative estimate of drug-likeness (QED) is 0.751. The number of aromatic nitrogens is 2. The minimum atomic E-state index is -3.36. The number of hydrogen-bond donors (Lipinski definition) is 2. The van der Waals surface area contributed by atoms with Gasteiger partial charge in [0.05, 0.1) is 4.75 Å².